The molecule has 16 heavy (non-hydrogen) atoms. The number of hydrogen-bond acceptors (Lipinski definition) is 5. The maximum absolute atomic E-state index is 6.26. The minimum Gasteiger partial charge on any atom is -0.399 e. The van der Waals surface area contributed by atoms with Crippen molar-refractivity contribution in [3.8, 4) is 0 Å². The highest BCUT2D eigenvalue weighted by Crippen LogP contribution is 2.30. The lowest BCUT2D eigenvalue weighted by Gasteiger charge is -2.33. The van der Waals surface area contributed by atoms with Gasteiger partial charge < -0.3 is 22.9 Å². The second-order valence-electron chi connectivity index (χ2n) is 4.03. The van der Waals surface area contributed by atoms with E-state index in [1.807, 2.05) is 0 Å². The number of allylic oxidation sites excluding steroid dienone is 1. The molecule has 1 aromatic rings. The zero-order chi connectivity index (χ0) is 11.9. The van der Waals surface area contributed by atoms with E-state index < -0.39 is 11.6 Å². The molecule has 0 aliphatic heterocycles. The minimum atomic E-state index is -0.846. The van der Waals surface area contributed by atoms with Crippen molar-refractivity contribution in [3.05, 3.63) is 35.7 Å². The number of aromatic nitrogens is 2. The van der Waals surface area contributed by atoms with Crippen LogP contribution in [-0.4, -0.2) is 15.8 Å². The number of hydrogen-bond donors (Lipinski definition) is 4. The summed E-state index contributed by atoms with van der Waals surface area (Å²) in [5, 5.41) is 4.06. The smallest absolute Gasteiger partial charge is 0.126 e. The largest absolute Gasteiger partial charge is 0.399 e. The van der Waals surface area contributed by atoms with Gasteiger partial charge in [-0.3, -0.25) is 4.68 Å². The van der Waals surface area contributed by atoms with Gasteiger partial charge in [0.2, 0.25) is 0 Å². The lowest BCUT2D eigenvalue weighted by Crippen LogP contribution is -2.51. The molecule has 2 unspecified atom stereocenters. The second kappa shape index (κ2) is 3.36. The van der Waals surface area contributed by atoms with Crippen LogP contribution in [0.25, 0.3) is 0 Å². The van der Waals surface area contributed by atoms with Gasteiger partial charge in [-0.2, -0.15) is 5.10 Å². The zero-order valence-corrected chi connectivity index (χ0v) is 9.09. The molecule has 8 N–H and O–H groups in total. The summed E-state index contributed by atoms with van der Waals surface area (Å²) in [6.45, 7) is 0. The summed E-state index contributed by atoms with van der Waals surface area (Å²) in [6.07, 6.45) is 6.84. The molecule has 0 saturated carbocycles. The van der Waals surface area contributed by atoms with Crippen LogP contribution in [0.5, 0.6) is 0 Å². The highest BCUT2D eigenvalue weighted by molar-refractivity contribution is 5.50. The van der Waals surface area contributed by atoms with E-state index in [4.69, 9.17) is 22.9 Å². The van der Waals surface area contributed by atoms with Crippen LogP contribution in [0, 0.1) is 0 Å². The molecule has 86 valence electrons. The van der Waals surface area contributed by atoms with Gasteiger partial charge in [0.25, 0.3) is 0 Å². The van der Waals surface area contributed by atoms with Gasteiger partial charge in [0, 0.05) is 18.3 Å². The third-order valence-corrected chi connectivity index (χ3v) is 2.93. The second-order valence-corrected chi connectivity index (χ2v) is 4.03. The Morgan fingerprint density at radius 2 is 2.12 bits per heavy atom. The van der Waals surface area contributed by atoms with Crippen LogP contribution in [0.15, 0.2) is 30.1 Å². The van der Waals surface area contributed by atoms with Gasteiger partial charge in [-0.25, -0.2) is 0 Å². The van der Waals surface area contributed by atoms with Gasteiger partial charge in [-0.1, -0.05) is 6.08 Å². The summed E-state index contributed by atoms with van der Waals surface area (Å²) in [6, 6.07) is -0.413. The monoisotopic (exact) mass is 220 g/mol. The summed E-state index contributed by atoms with van der Waals surface area (Å²) in [5.74, 6) is 0.511. The van der Waals surface area contributed by atoms with E-state index in [1.165, 1.54) is 0 Å². The molecule has 0 saturated heterocycles. The van der Waals surface area contributed by atoms with Crippen molar-refractivity contribution in [3.63, 3.8) is 0 Å². The Bertz CT molecular complexity index is 472. The van der Waals surface area contributed by atoms with E-state index in [1.54, 1.807) is 36.2 Å². The number of nitrogens with two attached hydrogens (primary N) is 4. The molecular formula is C10H16N6. The quantitative estimate of drug-likeness (QED) is 0.478. The lowest BCUT2D eigenvalue weighted by molar-refractivity contribution is 0.491. The molecular weight excluding hydrogens is 204 g/mol. The van der Waals surface area contributed by atoms with E-state index in [0.29, 0.717) is 17.1 Å². The third-order valence-electron chi connectivity index (χ3n) is 2.93. The molecule has 1 heterocycles. The molecule has 0 aromatic carbocycles. The average molecular weight is 220 g/mol. The predicted molar refractivity (Wildman–Crippen MR) is 62.9 cm³/mol. The Morgan fingerprint density at radius 1 is 1.44 bits per heavy atom. The Hall–Kier alpha value is -1.79. The number of aryl methyl sites for hydroxylation is 1. The van der Waals surface area contributed by atoms with Crippen LogP contribution in [0.1, 0.15) is 5.56 Å². The van der Waals surface area contributed by atoms with Crippen molar-refractivity contribution >= 4 is 5.82 Å². The van der Waals surface area contributed by atoms with Crippen molar-refractivity contribution in [1.82, 2.24) is 9.78 Å². The molecule has 0 spiro atoms. The highest BCUT2D eigenvalue weighted by Gasteiger charge is 2.36. The Balaban J connectivity index is 2.48. The molecule has 1 aromatic heterocycles. The van der Waals surface area contributed by atoms with E-state index in [9.17, 15) is 0 Å². The molecule has 0 fully saturated rings. The van der Waals surface area contributed by atoms with Gasteiger partial charge in [0.1, 0.15) is 5.82 Å². The van der Waals surface area contributed by atoms with Crippen LogP contribution in [0.3, 0.4) is 0 Å². The Kier molecular flexibility index (Phi) is 2.25. The summed E-state index contributed by atoms with van der Waals surface area (Å²) >= 11 is 0. The van der Waals surface area contributed by atoms with Crippen molar-refractivity contribution in [2.45, 2.75) is 11.6 Å². The molecule has 6 nitrogen and oxygen atoms in total. The van der Waals surface area contributed by atoms with Crippen LogP contribution in [0.2, 0.25) is 0 Å². The maximum atomic E-state index is 6.26. The van der Waals surface area contributed by atoms with Gasteiger partial charge in [0.15, 0.2) is 0 Å². The molecule has 1 aliphatic rings. The van der Waals surface area contributed by atoms with Crippen molar-refractivity contribution in [2.75, 3.05) is 5.73 Å². The topological polar surface area (TPSA) is 122 Å². The van der Waals surface area contributed by atoms with Crippen LogP contribution in [-0.2, 0) is 12.6 Å². The van der Waals surface area contributed by atoms with E-state index in [2.05, 4.69) is 5.10 Å². The van der Waals surface area contributed by atoms with Gasteiger partial charge >= 0.3 is 0 Å². The SMILES string of the molecule is Cn1ncc(C2(N)C=CC(N)=CC2N)c1N. The highest BCUT2D eigenvalue weighted by atomic mass is 15.3. The maximum Gasteiger partial charge on any atom is 0.126 e. The van der Waals surface area contributed by atoms with Gasteiger partial charge in [-0.05, 0) is 12.2 Å². The first-order valence-corrected chi connectivity index (χ1v) is 4.94. The normalized spacial score (nSPS) is 29.2. The van der Waals surface area contributed by atoms with E-state index in [0.717, 1.165) is 0 Å². The van der Waals surface area contributed by atoms with Crippen molar-refractivity contribution in [1.29, 1.82) is 0 Å². The molecule has 0 bridgehead atoms. The first kappa shape index (κ1) is 10.7. The van der Waals surface area contributed by atoms with Gasteiger partial charge in [-0.15, -0.1) is 0 Å². The van der Waals surface area contributed by atoms with E-state index >= 15 is 0 Å². The number of rotatable bonds is 1. The van der Waals surface area contributed by atoms with Crippen LogP contribution >= 0.6 is 0 Å². The van der Waals surface area contributed by atoms with Crippen LogP contribution in [0.4, 0.5) is 5.82 Å². The Morgan fingerprint density at radius 3 is 2.62 bits per heavy atom. The number of nitrogen functional groups attached to an aromatic ring is 1. The molecule has 0 radical (unpaired) electrons. The molecule has 2 atom stereocenters. The standard InChI is InChI=1S/C10H16N6/c1-16-9(13)7(5-15-16)10(14)3-2-6(11)4-8(10)12/h2-5,8H,11-14H2,1H3. The first-order valence-electron chi connectivity index (χ1n) is 4.94. The summed E-state index contributed by atoms with van der Waals surface area (Å²) in [7, 11) is 1.75. The fraction of sp³-hybridized carbons (Fsp3) is 0.300. The van der Waals surface area contributed by atoms with Gasteiger partial charge in [0.05, 0.1) is 17.8 Å². The first-order chi connectivity index (χ1) is 7.45. The van der Waals surface area contributed by atoms with E-state index in [-0.39, 0.29) is 0 Å². The average Bonchev–Trinajstić information content (AvgIpc) is 2.55. The summed E-state index contributed by atoms with van der Waals surface area (Å²) < 4.78 is 1.56. The zero-order valence-electron chi connectivity index (χ0n) is 9.09. The molecule has 2 rings (SSSR count). The molecule has 1 aliphatic carbocycles. The Labute approximate surface area is 93.6 Å². The summed E-state index contributed by atoms with van der Waals surface area (Å²) in [4.78, 5) is 0. The predicted octanol–water partition coefficient (Wildman–Crippen LogP) is -1.10. The third kappa shape index (κ3) is 1.39. The fourth-order valence-electron chi connectivity index (χ4n) is 1.80. The fourth-order valence-corrected chi connectivity index (χ4v) is 1.80. The minimum absolute atomic E-state index is 0.413. The van der Waals surface area contributed by atoms with Crippen LogP contribution < -0.4 is 22.9 Å². The molecule has 0 amide bonds. The van der Waals surface area contributed by atoms with Crippen molar-refractivity contribution < 1.29 is 0 Å². The number of nitrogens with zero attached hydrogens (tertiary/aromatic N) is 2. The molecule has 6 heteroatoms. The lowest BCUT2D eigenvalue weighted by atomic mass is 9.81. The number of anilines is 1. The van der Waals surface area contributed by atoms with Crippen molar-refractivity contribution in [2.24, 2.45) is 24.2 Å². The summed E-state index contributed by atoms with van der Waals surface area (Å²) in [5.41, 5.74) is 24.3.